The van der Waals surface area contributed by atoms with E-state index in [0.29, 0.717) is 26.3 Å². The number of carbonyl (C=O) groups is 1. The molecular weight excluding hydrogens is 264 g/mol. The first-order valence-corrected chi connectivity index (χ1v) is 7.82. The van der Waals surface area contributed by atoms with E-state index in [1.807, 2.05) is 24.0 Å². The van der Waals surface area contributed by atoms with Crippen LogP contribution in [0.25, 0.3) is 0 Å². The number of morpholine rings is 1. The van der Waals surface area contributed by atoms with E-state index >= 15 is 0 Å². The molecule has 0 bridgehead atoms. The second-order valence-corrected chi connectivity index (χ2v) is 6.40. The average molecular weight is 288 g/mol. The molecule has 1 saturated heterocycles. The monoisotopic (exact) mass is 288 g/mol. The molecule has 3 rings (SSSR count). The zero-order valence-electron chi connectivity index (χ0n) is 12.7. The number of amides is 1. The Morgan fingerprint density at radius 2 is 2.00 bits per heavy atom. The molecule has 1 amide bonds. The Bertz CT molecular complexity index is 519. The maximum Gasteiger partial charge on any atom is 0.229 e. The van der Waals surface area contributed by atoms with E-state index in [0.717, 1.165) is 24.8 Å². The topological polar surface area (TPSA) is 55.6 Å². The summed E-state index contributed by atoms with van der Waals surface area (Å²) in [5.74, 6) is 0.0919. The maximum atomic E-state index is 12.7. The van der Waals surface area contributed by atoms with Crippen LogP contribution in [-0.2, 0) is 16.0 Å². The second-order valence-electron chi connectivity index (χ2n) is 6.40. The molecule has 2 fully saturated rings. The van der Waals surface area contributed by atoms with Crippen molar-refractivity contribution in [1.29, 1.82) is 0 Å². The SMILES string of the molecule is CC(C(=O)N1CCOCC1)c1ccccc1CC1(N)CC1. The summed E-state index contributed by atoms with van der Waals surface area (Å²) < 4.78 is 5.32. The van der Waals surface area contributed by atoms with Crippen LogP contribution in [0.15, 0.2) is 24.3 Å². The van der Waals surface area contributed by atoms with Gasteiger partial charge in [-0.15, -0.1) is 0 Å². The molecule has 1 aliphatic heterocycles. The van der Waals surface area contributed by atoms with Crippen LogP contribution in [0.3, 0.4) is 0 Å². The molecule has 1 aliphatic carbocycles. The third-order valence-electron chi connectivity index (χ3n) is 4.65. The summed E-state index contributed by atoms with van der Waals surface area (Å²) in [6, 6.07) is 8.24. The second kappa shape index (κ2) is 5.78. The van der Waals surface area contributed by atoms with Gasteiger partial charge in [0, 0.05) is 18.6 Å². The van der Waals surface area contributed by atoms with Gasteiger partial charge in [0.05, 0.1) is 19.1 Å². The van der Waals surface area contributed by atoms with E-state index < -0.39 is 0 Å². The Labute approximate surface area is 126 Å². The smallest absolute Gasteiger partial charge is 0.229 e. The zero-order valence-corrected chi connectivity index (χ0v) is 12.7. The lowest BCUT2D eigenvalue weighted by atomic mass is 9.90. The van der Waals surface area contributed by atoms with Crippen molar-refractivity contribution in [2.75, 3.05) is 26.3 Å². The maximum absolute atomic E-state index is 12.7. The Morgan fingerprint density at radius 1 is 1.33 bits per heavy atom. The van der Waals surface area contributed by atoms with Gasteiger partial charge in [0.25, 0.3) is 0 Å². The average Bonchev–Trinajstić information content (AvgIpc) is 3.24. The molecule has 1 atom stereocenters. The van der Waals surface area contributed by atoms with Gasteiger partial charge in [0.1, 0.15) is 0 Å². The highest BCUT2D eigenvalue weighted by Crippen LogP contribution is 2.37. The van der Waals surface area contributed by atoms with E-state index in [9.17, 15) is 4.79 Å². The van der Waals surface area contributed by atoms with E-state index in [4.69, 9.17) is 10.5 Å². The molecule has 1 saturated carbocycles. The van der Waals surface area contributed by atoms with E-state index in [1.165, 1.54) is 5.56 Å². The zero-order chi connectivity index (χ0) is 14.9. The summed E-state index contributed by atoms with van der Waals surface area (Å²) >= 11 is 0. The number of rotatable bonds is 4. The Hall–Kier alpha value is -1.39. The summed E-state index contributed by atoms with van der Waals surface area (Å²) in [5, 5.41) is 0. The van der Waals surface area contributed by atoms with Crippen LogP contribution in [0.1, 0.15) is 36.8 Å². The van der Waals surface area contributed by atoms with Crippen molar-refractivity contribution < 1.29 is 9.53 Å². The van der Waals surface area contributed by atoms with Gasteiger partial charge >= 0.3 is 0 Å². The van der Waals surface area contributed by atoms with Crippen molar-refractivity contribution in [1.82, 2.24) is 4.90 Å². The first-order chi connectivity index (χ1) is 10.1. The summed E-state index contributed by atoms with van der Waals surface area (Å²) in [7, 11) is 0. The lowest BCUT2D eigenvalue weighted by Crippen LogP contribution is -2.42. The van der Waals surface area contributed by atoms with Crippen LogP contribution in [0.5, 0.6) is 0 Å². The number of hydrogen-bond donors (Lipinski definition) is 1. The van der Waals surface area contributed by atoms with Gasteiger partial charge in [0.15, 0.2) is 0 Å². The highest BCUT2D eigenvalue weighted by Gasteiger charge is 2.39. The van der Waals surface area contributed by atoms with Gasteiger partial charge in [-0.25, -0.2) is 0 Å². The van der Waals surface area contributed by atoms with Crippen LogP contribution < -0.4 is 5.73 Å². The molecule has 2 N–H and O–H groups in total. The van der Waals surface area contributed by atoms with Crippen molar-refractivity contribution in [3.8, 4) is 0 Å². The number of nitrogens with two attached hydrogens (primary N) is 1. The first kappa shape index (κ1) is 14.5. The normalized spacial score (nSPS) is 21.9. The van der Waals surface area contributed by atoms with Crippen molar-refractivity contribution in [3.63, 3.8) is 0 Å². The predicted molar refractivity (Wildman–Crippen MR) is 82.1 cm³/mol. The minimum absolute atomic E-state index is 0.0299. The molecule has 0 radical (unpaired) electrons. The molecule has 0 aromatic heterocycles. The molecule has 0 spiro atoms. The van der Waals surface area contributed by atoms with E-state index in [-0.39, 0.29) is 17.4 Å². The van der Waals surface area contributed by atoms with E-state index in [1.54, 1.807) is 0 Å². The Morgan fingerprint density at radius 3 is 2.67 bits per heavy atom. The minimum Gasteiger partial charge on any atom is -0.378 e. The quantitative estimate of drug-likeness (QED) is 0.917. The Balaban J connectivity index is 1.76. The summed E-state index contributed by atoms with van der Waals surface area (Å²) in [6.07, 6.45) is 3.06. The largest absolute Gasteiger partial charge is 0.378 e. The van der Waals surface area contributed by atoms with Gasteiger partial charge in [-0.3, -0.25) is 4.79 Å². The van der Waals surface area contributed by atoms with Crippen LogP contribution in [0.4, 0.5) is 0 Å². The van der Waals surface area contributed by atoms with Crippen LogP contribution in [0.2, 0.25) is 0 Å². The number of hydrogen-bond acceptors (Lipinski definition) is 3. The molecule has 1 heterocycles. The molecule has 4 nitrogen and oxygen atoms in total. The lowest BCUT2D eigenvalue weighted by Gasteiger charge is -2.30. The number of ether oxygens (including phenoxy) is 1. The molecule has 114 valence electrons. The van der Waals surface area contributed by atoms with Crippen molar-refractivity contribution in [2.24, 2.45) is 5.73 Å². The molecule has 21 heavy (non-hydrogen) atoms. The van der Waals surface area contributed by atoms with Crippen LogP contribution >= 0.6 is 0 Å². The van der Waals surface area contributed by atoms with Gasteiger partial charge in [-0.2, -0.15) is 0 Å². The molecule has 4 heteroatoms. The van der Waals surface area contributed by atoms with Crippen molar-refractivity contribution in [2.45, 2.75) is 37.6 Å². The highest BCUT2D eigenvalue weighted by atomic mass is 16.5. The van der Waals surface area contributed by atoms with Gasteiger partial charge in [-0.05, 0) is 37.3 Å². The summed E-state index contributed by atoms with van der Waals surface area (Å²) in [6.45, 7) is 4.70. The number of carbonyl (C=O) groups excluding carboxylic acids is 1. The fourth-order valence-corrected chi connectivity index (χ4v) is 3.02. The predicted octanol–water partition coefficient (Wildman–Crippen LogP) is 1.68. The fourth-order valence-electron chi connectivity index (χ4n) is 3.02. The summed E-state index contributed by atoms with van der Waals surface area (Å²) in [4.78, 5) is 14.6. The summed E-state index contributed by atoms with van der Waals surface area (Å²) in [5.41, 5.74) is 8.58. The minimum atomic E-state index is -0.110. The molecule has 1 aromatic carbocycles. The fraction of sp³-hybridized carbons (Fsp3) is 0.588. The van der Waals surface area contributed by atoms with Crippen LogP contribution in [0, 0.1) is 0 Å². The standard InChI is InChI=1S/C17H24N2O2/c1-13(16(20)19-8-10-21-11-9-19)15-5-3-2-4-14(15)12-17(18)6-7-17/h2-5,13H,6-12,18H2,1H3. The van der Waals surface area contributed by atoms with Gasteiger partial charge in [-0.1, -0.05) is 24.3 Å². The molecule has 1 aromatic rings. The van der Waals surface area contributed by atoms with Crippen molar-refractivity contribution >= 4 is 5.91 Å². The lowest BCUT2D eigenvalue weighted by molar-refractivity contribution is -0.136. The van der Waals surface area contributed by atoms with Crippen molar-refractivity contribution in [3.05, 3.63) is 35.4 Å². The third kappa shape index (κ3) is 3.27. The first-order valence-electron chi connectivity index (χ1n) is 7.82. The number of nitrogens with zero attached hydrogens (tertiary/aromatic N) is 1. The number of benzene rings is 1. The Kier molecular flexibility index (Phi) is 4.00. The molecule has 2 aliphatic rings. The highest BCUT2D eigenvalue weighted by molar-refractivity contribution is 5.83. The molecule has 1 unspecified atom stereocenters. The van der Waals surface area contributed by atoms with Gasteiger partial charge < -0.3 is 15.4 Å². The third-order valence-corrected chi connectivity index (χ3v) is 4.65. The van der Waals surface area contributed by atoms with Crippen LogP contribution in [-0.4, -0.2) is 42.6 Å². The van der Waals surface area contributed by atoms with E-state index in [2.05, 4.69) is 12.1 Å². The van der Waals surface area contributed by atoms with Gasteiger partial charge in [0.2, 0.25) is 5.91 Å². The molecular formula is C17H24N2O2.